The summed E-state index contributed by atoms with van der Waals surface area (Å²) in [4.78, 5) is 34.1. The zero-order chi connectivity index (χ0) is 45.9. The molecule has 0 saturated heterocycles. The van der Waals surface area contributed by atoms with Crippen LogP contribution in [0.3, 0.4) is 0 Å². The first-order chi connectivity index (χ1) is 29.6. The second-order valence-corrected chi connectivity index (χ2v) is 17.0. The first kappa shape index (κ1) is 45.0. The van der Waals surface area contributed by atoms with E-state index in [4.69, 9.17) is 11.6 Å². The van der Waals surface area contributed by atoms with E-state index in [9.17, 15) is 63.8 Å². The van der Waals surface area contributed by atoms with Crippen molar-refractivity contribution in [1.82, 2.24) is 15.0 Å². The standard InChI is InChI=1S/C35H25ClN10O14S3/c36-24-11-9-21(62(55,56)57)14-26(24)37-33-39-34(41-35(40-33)46-12-4-7-19(17-46)31(48)49)38-27-15-22(63(58,59)60)16-28(29(27)47)43-45-30(18-5-2-1-3-6-18)44-42-25-13-20(61(52,53)54)8-10-23(25)32(50)51/h1-17H,(H8-,37,38,39,40,41,42,43,44,45,47,48,49,50,51,52,53,54,55,56,57,58,59,60)/p+1. The number of hydrogen-bond acceptors (Lipinski definition) is 17. The molecule has 0 fully saturated rings. The minimum absolute atomic E-state index is 0.0875. The highest BCUT2D eigenvalue weighted by Crippen LogP contribution is 2.39. The van der Waals surface area contributed by atoms with E-state index in [1.807, 2.05) is 0 Å². The van der Waals surface area contributed by atoms with Gasteiger partial charge < -0.3 is 26.0 Å². The topological polar surface area (TPSA) is 374 Å². The highest BCUT2D eigenvalue weighted by atomic mass is 35.5. The lowest BCUT2D eigenvalue weighted by molar-refractivity contribution is -0.603. The molecule has 6 aromatic rings. The van der Waals surface area contributed by atoms with Crippen molar-refractivity contribution in [2.45, 2.75) is 14.7 Å². The van der Waals surface area contributed by atoms with Gasteiger partial charge in [-0.1, -0.05) is 41.9 Å². The van der Waals surface area contributed by atoms with Crippen LogP contribution < -0.4 is 20.6 Å². The van der Waals surface area contributed by atoms with Gasteiger partial charge in [0, 0.05) is 5.56 Å². The van der Waals surface area contributed by atoms with Crippen LogP contribution in [-0.4, -0.2) is 87.0 Å². The van der Waals surface area contributed by atoms with Crippen molar-refractivity contribution in [3.05, 3.63) is 125 Å². The normalized spacial score (nSPS) is 12.2. The maximum atomic E-state index is 12.5. The molecule has 2 aromatic heterocycles. The molecule has 0 aliphatic rings. The highest BCUT2D eigenvalue weighted by Gasteiger charge is 2.24. The number of nitrogens with one attached hydrogen (secondary N) is 3. The van der Waals surface area contributed by atoms with Gasteiger partial charge in [0.25, 0.3) is 30.4 Å². The van der Waals surface area contributed by atoms with Crippen molar-refractivity contribution >= 4 is 94.4 Å². The Morgan fingerprint density at radius 3 is 1.83 bits per heavy atom. The maximum absolute atomic E-state index is 12.5. The van der Waals surface area contributed by atoms with E-state index in [0.29, 0.717) is 6.07 Å². The van der Waals surface area contributed by atoms with E-state index in [-0.39, 0.29) is 33.6 Å². The number of nitrogens with zero attached hydrogens (tertiary/aromatic N) is 7. The Hall–Kier alpha value is -7.53. The molecule has 0 radical (unpaired) electrons. The number of amidine groups is 1. The predicted molar refractivity (Wildman–Crippen MR) is 218 cm³/mol. The van der Waals surface area contributed by atoms with Crippen molar-refractivity contribution in [1.29, 1.82) is 0 Å². The van der Waals surface area contributed by atoms with Gasteiger partial charge in [0.1, 0.15) is 5.69 Å². The average Bonchev–Trinajstić information content (AvgIpc) is 3.21. The number of carboxylic acids is 2. The number of hydrogen-bond donors (Lipinski definition) is 9. The van der Waals surface area contributed by atoms with E-state index in [2.05, 4.69) is 46.3 Å². The van der Waals surface area contributed by atoms with E-state index in [1.165, 1.54) is 30.5 Å². The third-order valence-corrected chi connectivity index (χ3v) is 10.9. The number of phenols is 1. The maximum Gasteiger partial charge on any atom is 0.444 e. The van der Waals surface area contributed by atoms with Gasteiger partial charge in [-0.3, -0.25) is 19.1 Å². The van der Waals surface area contributed by atoms with Crippen LogP contribution in [0.5, 0.6) is 5.75 Å². The molecule has 0 spiro atoms. The van der Waals surface area contributed by atoms with Crippen LogP contribution in [0, 0.1) is 0 Å². The Labute approximate surface area is 359 Å². The minimum Gasteiger partial charge on any atom is -0.504 e. The largest absolute Gasteiger partial charge is 0.504 e. The summed E-state index contributed by atoms with van der Waals surface area (Å²) in [5.41, 5.74) is 0.0554. The molecular weight excluding hydrogens is 916 g/mol. The molecule has 6 rings (SSSR count). The second-order valence-electron chi connectivity index (χ2n) is 12.4. The van der Waals surface area contributed by atoms with E-state index >= 15 is 0 Å². The Balaban J connectivity index is 1.46. The molecule has 2 heterocycles. The summed E-state index contributed by atoms with van der Waals surface area (Å²) in [6.45, 7) is 0. The van der Waals surface area contributed by atoms with Crippen LogP contribution in [0.15, 0.2) is 133 Å². The second kappa shape index (κ2) is 17.8. The van der Waals surface area contributed by atoms with Crippen LogP contribution in [0.4, 0.5) is 34.6 Å². The molecule has 0 aliphatic carbocycles. The van der Waals surface area contributed by atoms with Crippen molar-refractivity contribution in [3.63, 3.8) is 0 Å². The molecule has 24 nitrogen and oxygen atoms in total. The number of rotatable bonds is 14. The number of hydrazone groups is 1. The van der Waals surface area contributed by atoms with Crippen molar-refractivity contribution in [3.8, 4) is 11.7 Å². The molecule has 28 heteroatoms. The number of pyridine rings is 1. The third-order valence-electron chi connectivity index (χ3n) is 8.08. The predicted octanol–water partition coefficient (Wildman–Crippen LogP) is 4.69. The van der Waals surface area contributed by atoms with Crippen LogP contribution in [0.25, 0.3) is 5.95 Å². The van der Waals surface area contributed by atoms with Gasteiger partial charge in [-0.25, -0.2) is 14.2 Å². The number of aromatic hydroxyl groups is 1. The summed E-state index contributed by atoms with van der Waals surface area (Å²) < 4.78 is 102. The SMILES string of the molecule is O=C(O)c1ccc[n+](-c2nc(Nc3cc(S(=O)(=O)O)ccc3Cl)nc(Nc3cc(S(=O)(=O)O)cc(N=N/C(=N\Nc4cc(S(=O)(=O)O)ccc4C(=O)O)c4ccccc4)c3O)n2)c1. The van der Waals surface area contributed by atoms with Gasteiger partial charge in [0.05, 0.1) is 60.3 Å². The molecule has 324 valence electrons. The highest BCUT2D eigenvalue weighted by molar-refractivity contribution is 7.86. The first-order valence-electron chi connectivity index (χ1n) is 16.9. The molecule has 9 N–H and O–H groups in total. The molecule has 0 bridgehead atoms. The Kier molecular flexibility index (Phi) is 12.7. The number of benzene rings is 4. The number of carbonyl (C=O) groups is 2. The number of aromatic nitrogens is 4. The molecule has 0 aliphatic heterocycles. The Bertz CT molecular complexity index is 3230. The van der Waals surface area contributed by atoms with Gasteiger partial charge in [-0.05, 0) is 70.6 Å². The van der Waals surface area contributed by atoms with Gasteiger partial charge in [-0.15, -0.1) is 15.2 Å². The zero-order valence-corrected chi connectivity index (χ0v) is 34.2. The lowest BCUT2D eigenvalue weighted by Gasteiger charge is -2.11. The molecule has 63 heavy (non-hydrogen) atoms. The molecule has 0 saturated carbocycles. The minimum atomic E-state index is -5.09. The first-order valence-corrected chi connectivity index (χ1v) is 21.6. The van der Waals surface area contributed by atoms with Crippen LogP contribution in [0.2, 0.25) is 5.02 Å². The number of phenolic OH excluding ortho intramolecular Hbond substituents is 1. The smallest absolute Gasteiger partial charge is 0.444 e. The average molecular weight is 942 g/mol. The van der Waals surface area contributed by atoms with Gasteiger partial charge in [0.15, 0.2) is 5.75 Å². The fraction of sp³-hybridized carbons (Fsp3) is 0. The monoisotopic (exact) mass is 941 g/mol. The Morgan fingerprint density at radius 2 is 1.22 bits per heavy atom. The van der Waals surface area contributed by atoms with Crippen LogP contribution in [0.1, 0.15) is 26.3 Å². The van der Waals surface area contributed by atoms with Crippen LogP contribution >= 0.6 is 11.6 Å². The van der Waals surface area contributed by atoms with Crippen molar-refractivity contribution in [2.75, 3.05) is 16.1 Å². The number of azo groups is 1. The summed E-state index contributed by atoms with van der Waals surface area (Å²) >= 11 is 6.26. The number of halogens is 1. The molecule has 0 amide bonds. The molecular formula is C35H26ClN10O14S3+. The number of anilines is 5. The van der Waals surface area contributed by atoms with Gasteiger partial charge >= 0.3 is 29.8 Å². The number of aromatic carboxylic acids is 2. The molecule has 0 unspecified atom stereocenters. The fourth-order valence-electron chi connectivity index (χ4n) is 5.14. The summed E-state index contributed by atoms with van der Waals surface area (Å²) in [5, 5.41) is 47.7. The summed E-state index contributed by atoms with van der Waals surface area (Å²) in [6.07, 6.45) is 2.45. The molecule has 4 aromatic carbocycles. The van der Waals surface area contributed by atoms with E-state index in [0.717, 1.165) is 53.2 Å². The summed E-state index contributed by atoms with van der Waals surface area (Å²) in [6, 6.07) is 17.3. The lowest BCUT2D eigenvalue weighted by atomic mass is 10.2. The lowest BCUT2D eigenvalue weighted by Crippen LogP contribution is -2.34. The van der Waals surface area contributed by atoms with Gasteiger partial charge in [0.2, 0.25) is 5.84 Å². The number of carboxylic acid groups (broad SMARTS) is 2. The van der Waals surface area contributed by atoms with E-state index in [1.54, 1.807) is 18.2 Å². The zero-order valence-electron chi connectivity index (χ0n) is 31.0. The van der Waals surface area contributed by atoms with Crippen LogP contribution in [-0.2, 0) is 30.4 Å². The fourth-order valence-corrected chi connectivity index (χ4v) is 6.85. The van der Waals surface area contributed by atoms with E-state index < -0.39 is 97.3 Å². The summed E-state index contributed by atoms with van der Waals surface area (Å²) in [5.74, 6) is -5.33. The quantitative estimate of drug-likeness (QED) is 0.0136. The van der Waals surface area contributed by atoms with Gasteiger partial charge in [-0.2, -0.15) is 30.4 Å². The van der Waals surface area contributed by atoms with Crippen molar-refractivity contribution in [2.24, 2.45) is 15.3 Å². The summed E-state index contributed by atoms with van der Waals surface area (Å²) in [7, 11) is -14.6. The Morgan fingerprint density at radius 1 is 0.651 bits per heavy atom. The third kappa shape index (κ3) is 11.1. The van der Waals surface area contributed by atoms with Crippen molar-refractivity contribution < 1.29 is 68.4 Å². The molecule has 0 atom stereocenters.